The molecule has 0 saturated heterocycles. The minimum absolute atomic E-state index is 0.146. The van der Waals surface area contributed by atoms with E-state index in [9.17, 15) is 0 Å². The Morgan fingerprint density at radius 1 is 1.56 bits per heavy atom. The van der Waals surface area contributed by atoms with Crippen LogP contribution in [0.1, 0.15) is 32.3 Å². The zero-order valence-electron chi connectivity index (χ0n) is 9.70. The molecule has 0 aromatic carbocycles. The monoisotopic (exact) mass is 219 g/mol. The van der Waals surface area contributed by atoms with Crippen LogP contribution in [0.3, 0.4) is 0 Å². The highest BCUT2D eigenvalue weighted by atomic mass is 16.3. The second-order valence-electron chi connectivity index (χ2n) is 4.06. The normalized spacial score (nSPS) is 13.9. The van der Waals surface area contributed by atoms with E-state index in [2.05, 4.69) is 17.2 Å². The van der Waals surface area contributed by atoms with Gasteiger partial charge in [0, 0.05) is 18.3 Å². The molecule has 0 fully saturated rings. The highest BCUT2D eigenvalue weighted by molar-refractivity contribution is 5.41. The highest BCUT2D eigenvalue weighted by Crippen LogP contribution is 2.20. The van der Waals surface area contributed by atoms with Crippen LogP contribution in [0.4, 0.5) is 5.82 Å². The fourth-order valence-corrected chi connectivity index (χ4v) is 1.42. The lowest BCUT2D eigenvalue weighted by Gasteiger charge is -2.29. The smallest absolute Gasteiger partial charge is 0.126 e. The number of aromatic nitrogens is 1. The number of aliphatic hydroxyl groups excluding tert-OH is 1. The molecule has 2 N–H and O–H groups in total. The van der Waals surface area contributed by atoms with Crippen LogP contribution in [-0.2, 0) is 0 Å². The molecule has 1 atom stereocenters. The van der Waals surface area contributed by atoms with Crippen LogP contribution in [0.2, 0.25) is 0 Å². The third kappa shape index (κ3) is 3.21. The molecule has 1 heterocycles. The first-order valence-electron chi connectivity index (χ1n) is 5.39. The van der Waals surface area contributed by atoms with E-state index in [0.717, 1.165) is 12.2 Å². The molecule has 0 radical (unpaired) electrons. The van der Waals surface area contributed by atoms with Crippen LogP contribution in [-0.4, -0.2) is 22.2 Å². The molecular weight excluding hydrogens is 202 g/mol. The molecule has 0 saturated carbocycles. The molecule has 1 aromatic rings. The van der Waals surface area contributed by atoms with Crippen molar-refractivity contribution in [2.24, 2.45) is 0 Å². The van der Waals surface area contributed by atoms with E-state index >= 15 is 0 Å². The predicted molar refractivity (Wildman–Crippen MR) is 63.0 cm³/mol. The van der Waals surface area contributed by atoms with Gasteiger partial charge in [-0.05, 0) is 31.9 Å². The number of pyridine rings is 1. The number of rotatable bonds is 5. The minimum Gasteiger partial charge on any atom is -0.396 e. The average Bonchev–Trinajstić information content (AvgIpc) is 2.30. The first kappa shape index (κ1) is 12.5. The molecule has 1 unspecified atom stereocenters. The summed E-state index contributed by atoms with van der Waals surface area (Å²) in [5, 5.41) is 20.9. The zero-order valence-corrected chi connectivity index (χ0v) is 9.70. The van der Waals surface area contributed by atoms with Crippen molar-refractivity contribution in [3.05, 3.63) is 23.9 Å². The zero-order chi connectivity index (χ0) is 12.0. The third-order valence-corrected chi connectivity index (χ3v) is 2.77. The van der Waals surface area contributed by atoms with Gasteiger partial charge in [0.1, 0.15) is 11.9 Å². The van der Waals surface area contributed by atoms with Gasteiger partial charge in [-0.2, -0.15) is 5.26 Å². The van der Waals surface area contributed by atoms with E-state index in [1.807, 2.05) is 13.0 Å². The SMILES string of the molecule is CCC(C)(CCO)Nc1ccc(C#N)cn1. The van der Waals surface area contributed by atoms with Crippen molar-refractivity contribution in [2.45, 2.75) is 32.2 Å². The maximum atomic E-state index is 8.99. The second kappa shape index (κ2) is 5.47. The molecular formula is C12H17N3O. The van der Waals surface area contributed by atoms with Crippen molar-refractivity contribution < 1.29 is 5.11 Å². The summed E-state index contributed by atoms with van der Waals surface area (Å²) in [6, 6.07) is 5.53. The lowest BCUT2D eigenvalue weighted by Crippen LogP contribution is -2.35. The van der Waals surface area contributed by atoms with Gasteiger partial charge in [-0.25, -0.2) is 4.98 Å². The predicted octanol–water partition coefficient (Wildman–Crippen LogP) is 1.92. The fourth-order valence-electron chi connectivity index (χ4n) is 1.42. The molecule has 0 bridgehead atoms. The maximum absolute atomic E-state index is 8.99. The third-order valence-electron chi connectivity index (χ3n) is 2.77. The summed E-state index contributed by atoms with van der Waals surface area (Å²) >= 11 is 0. The first-order chi connectivity index (χ1) is 7.63. The van der Waals surface area contributed by atoms with E-state index in [-0.39, 0.29) is 12.1 Å². The van der Waals surface area contributed by atoms with Crippen molar-refractivity contribution in [3.63, 3.8) is 0 Å². The van der Waals surface area contributed by atoms with Gasteiger partial charge in [0.2, 0.25) is 0 Å². The molecule has 16 heavy (non-hydrogen) atoms. The Labute approximate surface area is 95.9 Å². The topological polar surface area (TPSA) is 68.9 Å². The van der Waals surface area contributed by atoms with Gasteiger partial charge in [0.05, 0.1) is 5.56 Å². The van der Waals surface area contributed by atoms with E-state index < -0.39 is 0 Å². The number of anilines is 1. The minimum atomic E-state index is -0.157. The Morgan fingerprint density at radius 3 is 2.75 bits per heavy atom. The van der Waals surface area contributed by atoms with Gasteiger partial charge in [-0.15, -0.1) is 0 Å². The average molecular weight is 219 g/mol. The summed E-state index contributed by atoms with van der Waals surface area (Å²) in [6.07, 6.45) is 3.11. The Hall–Kier alpha value is -1.60. The molecule has 4 nitrogen and oxygen atoms in total. The number of nitrogens with zero attached hydrogens (tertiary/aromatic N) is 2. The quantitative estimate of drug-likeness (QED) is 0.793. The van der Waals surface area contributed by atoms with Crippen LogP contribution in [0.5, 0.6) is 0 Å². The van der Waals surface area contributed by atoms with Crippen LogP contribution < -0.4 is 5.32 Å². The van der Waals surface area contributed by atoms with E-state index in [1.54, 1.807) is 12.1 Å². The van der Waals surface area contributed by atoms with E-state index in [0.29, 0.717) is 12.0 Å². The second-order valence-corrected chi connectivity index (χ2v) is 4.06. The molecule has 0 aliphatic carbocycles. The first-order valence-corrected chi connectivity index (χ1v) is 5.39. The van der Waals surface area contributed by atoms with E-state index in [4.69, 9.17) is 10.4 Å². The standard InChI is InChI=1S/C12H17N3O/c1-3-12(2,6-7-16)15-11-5-4-10(8-13)9-14-11/h4-5,9,16H,3,6-7H2,1-2H3,(H,14,15). The van der Waals surface area contributed by atoms with E-state index in [1.165, 1.54) is 6.20 Å². The largest absolute Gasteiger partial charge is 0.396 e. The molecule has 0 aliphatic heterocycles. The summed E-state index contributed by atoms with van der Waals surface area (Å²) in [5.41, 5.74) is 0.390. The molecule has 4 heteroatoms. The van der Waals surface area contributed by atoms with Gasteiger partial charge in [0.25, 0.3) is 0 Å². The molecule has 86 valence electrons. The Kier molecular flexibility index (Phi) is 4.27. The summed E-state index contributed by atoms with van der Waals surface area (Å²) in [7, 11) is 0. The maximum Gasteiger partial charge on any atom is 0.126 e. The molecule has 1 rings (SSSR count). The lowest BCUT2D eigenvalue weighted by atomic mass is 9.95. The summed E-state index contributed by atoms with van der Waals surface area (Å²) < 4.78 is 0. The molecule has 1 aromatic heterocycles. The van der Waals surface area contributed by atoms with Crippen molar-refractivity contribution in [2.75, 3.05) is 11.9 Å². The van der Waals surface area contributed by atoms with Crippen molar-refractivity contribution in [3.8, 4) is 6.07 Å². The van der Waals surface area contributed by atoms with Gasteiger partial charge in [-0.3, -0.25) is 0 Å². The van der Waals surface area contributed by atoms with Crippen LogP contribution in [0.15, 0.2) is 18.3 Å². The van der Waals surface area contributed by atoms with Crippen LogP contribution in [0, 0.1) is 11.3 Å². The Bertz CT molecular complexity index is 369. The van der Waals surface area contributed by atoms with Crippen LogP contribution >= 0.6 is 0 Å². The molecule has 0 spiro atoms. The summed E-state index contributed by atoms with van der Waals surface area (Å²) in [4.78, 5) is 4.15. The van der Waals surface area contributed by atoms with Crippen molar-refractivity contribution in [1.82, 2.24) is 4.98 Å². The number of hydrogen-bond donors (Lipinski definition) is 2. The van der Waals surface area contributed by atoms with Gasteiger partial charge >= 0.3 is 0 Å². The lowest BCUT2D eigenvalue weighted by molar-refractivity contribution is 0.252. The molecule has 0 aliphatic rings. The number of nitriles is 1. The Morgan fingerprint density at radius 2 is 2.31 bits per heavy atom. The van der Waals surface area contributed by atoms with Crippen LogP contribution in [0.25, 0.3) is 0 Å². The fraction of sp³-hybridized carbons (Fsp3) is 0.500. The number of aliphatic hydroxyl groups is 1. The summed E-state index contributed by atoms with van der Waals surface area (Å²) in [5.74, 6) is 0.733. The van der Waals surface area contributed by atoms with Gasteiger partial charge < -0.3 is 10.4 Å². The molecule has 0 amide bonds. The number of hydrogen-bond acceptors (Lipinski definition) is 4. The Balaban J connectivity index is 2.75. The summed E-state index contributed by atoms with van der Waals surface area (Å²) in [6.45, 7) is 4.25. The number of nitrogens with one attached hydrogen (secondary N) is 1. The van der Waals surface area contributed by atoms with Gasteiger partial charge in [-0.1, -0.05) is 6.92 Å². The van der Waals surface area contributed by atoms with Crippen molar-refractivity contribution >= 4 is 5.82 Å². The van der Waals surface area contributed by atoms with Crippen molar-refractivity contribution in [1.29, 1.82) is 5.26 Å². The highest BCUT2D eigenvalue weighted by Gasteiger charge is 2.21. The van der Waals surface area contributed by atoms with Gasteiger partial charge in [0.15, 0.2) is 0 Å².